The Hall–Kier alpha value is -1.84. The molecule has 0 heterocycles. The molecule has 0 amide bonds. The van der Waals surface area contributed by atoms with Gasteiger partial charge >= 0.3 is 0 Å². The third-order valence-corrected chi connectivity index (χ3v) is 5.24. The van der Waals surface area contributed by atoms with Crippen LogP contribution < -0.4 is 10.5 Å². The molecule has 0 aliphatic carbocycles. The predicted octanol–water partition coefficient (Wildman–Crippen LogP) is 5.25. The molecule has 2 aromatic carbocycles. The van der Waals surface area contributed by atoms with Gasteiger partial charge in [-0.1, -0.05) is 82.0 Å². The fourth-order valence-corrected chi connectivity index (χ4v) is 3.37. The summed E-state index contributed by atoms with van der Waals surface area (Å²) in [5, 5.41) is 11.1. The summed E-state index contributed by atoms with van der Waals surface area (Å²) >= 11 is 0. The first-order valence-electron chi connectivity index (χ1n) is 10.3. The van der Waals surface area contributed by atoms with E-state index in [4.69, 9.17) is 10.5 Å². The lowest BCUT2D eigenvalue weighted by Crippen LogP contribution is -2.49. The molecule has 2 aromatic rings. The van der Waals surface area contributed by atoms with Crippen molar-refractivity contribution in [3.8, 4) is 5.75 Å². The largest absolute Gasteiger partial charge is 0.489 e. The number of ether oxygens (including phenoxy) is 1. The summed E-state index contributed by atoms with van der Waals surface area (Å²) in [5.41, 5.74) is 7.98. The van der Waals surface area contributed by atoms with Crippen molar-refractivity contribution >= 4 is 0 Å². The van der Waals surface area contributed by atoms with E-state index in [1.807, 2.05) is 30.3 Å². The van der Waals surface area contributed by atoms with Gasteiger partial charge in [0.2, 0.25) is 0 Å². The fourth-order valence-electron chi connectivity index (χ4n) is 3.37. The van der Waals surface area contributed by atoms with Gasteiger partial charge in [0.1, 0.15) is 12.4 Å². The average molecular weight is 370 g/mol. The second-order valence-corrected chi connectivity index (χ2v) is 7.54. The first-order valence-corrected chi connectivity index (χ1v) is 10.3. The van der Waals surface area contributed by atoms with E-state index in [1.54, 1.807) is 0 Å². The maximum atomic E-state index is 11.1. The van der Waals surface area contributed by atoms with Crippen LogP contribution in [0.3, 0.4) is 0 Å². The minimum Gasteiger partial charge on any atom is -0.489 e. The third kappa shape index (κ3) is 7.00. The van der Waals surface area contributed by atoms with Crippen LogP contribution in [0, 0.1) is 0 Å². The number of hydrogen-bond donors (Lipinski definition) is 2. The molecule has 148 valence electrons. The Balaban J connectivity index is 1.92. The van der Waals surface area contributed by atoms with Crippen LogP contribution in [0.1, 0.15) is 63.5 Å². The highest BCUT2D eigenvalue weighted by atomic mass is 16.5. The van der Waals surface area contributed by atoms with E-state index in [0.717, 1.165) is 55.4 Å². The number of nitrogens with two attached hydrogens (primary N) is 1. The second-order valence-electron chi connectivity index (χ2n) is 7.54. The molecular formula is C24H35NO2. The number of aliphatic hydroxyl groups is 1. The van der Waals surface area contributed by atoms with Crippen LogP contribution in [0.2, 0.25) is 0 Å². The molecule has 0 aromatic heterocycles. The minimum absolute atomic E-state index is 0.244. The maximum absolute atomic E-state index is 11.1. The molecule has 0 unspecified atom stereocenters. The molecular weight excluding hydrogens is 334 g/mol. The van der Waals surface area contributed by atoms with Crippen LogP contribution in [-0.2, 0) is 13.0 Å². The number of rotatable bonds is 12. The quantitative estimate of drug-likeness (QED) is 0.537. The van der Waals surface area contributed by atoms with Crippen molar-refractivity contribution in [1.82, 2.24) is 0 Å². The van der Waals surface area contributed by atoms with Crippen LogP contribution >= 0.6 is 0 Å². The van der Waals surface area contributed by atoms with Crippen molar-refractivity contribution in [2.24, 2.45) is 5.73 Å². The topological polar surface area (TPSA) is 55.5 Å². The van der Waals surface area contributed by atoms with E-state index < -0.39 is 5.60 Å². The predicted molar refractivity (Wildman–Crippen MR) is 113 cm³/mol. The molecule has 0 fully saturated rings. The minimum atomic E-state index is -0.769. The molecule has 3 heteroatoms. The fraction of sp³-hybridized carbons (Fsp3) is 0.500. The average Bonchev–Trinajstić information content (AvgIpc) is 2.71. The smallest absolute Gasteiger partial charge is 0.119 e. The first-order chi connectivity index (χ1) is 13.1. The van der Waals surface area contributed by atoms with Crippen LogP contribution in [0.25, 0.3) is 0 Å². The molecule has 0 aliphatic heterocycles. The zero-order valence-electron chi connectivity index (χ0n) is 16.9. The molecule has 0 radical (unpaired) electrons. The van der Waals surface area contributed by atoms with Gasteiger partial charge in [-0.15, -0.1) is 0 Å². The Morgan fingerprint density at radius 3 is 2.04 bits per heavy atom. The van der Waals surface area contributed by atoms with Gasteiger partial charge in [0.05, 0.1) is 5.60 Å². The zero-order valence-corrected chi connectivity index (χ0v) is 16.9. The van der Waals surface area contributed by atoms with Crippen LogP contribution in [-0.4, -0.2) is 16.7 Å². The van der Waals surface area contributed by atoms with Crippen molar-refractivity contribution < 1.29 is 9.84 Å². The van der Waals surface area contributed by atoms with Crippen LogP contribution in [0.5, 0.6) is 5.75 Å². The molecule has 3 nitrogen and oxygen atoms in total. The lowest BCUT2D eigenvalue weighted by atomic mass is 9.81. The molecule has 27 heavy (non-hydrogen) atoms. The summed E-state index contributed by atoms with van der Waals surface area (Å²) in [5.74, 6) is 0.850. The van der Waals surface area contributed by atoms with E-state index in [0.29, 0.717) is 13.0 Å². The molecule has 0 saturated carbocycles. The van der Waals surface area contributed by atoms with Gasteiger partial charge in [0.15, 0.2) is 0 Å². The summed E-state index contributed by atoms with van der Waals surface area (Å²) in [6.45, 7) is 4.87. The van der Waals surface area contributed by atoms with Crippen molar-refractivity contribution in [1.29, 1.82) is 0 Å². The number of unbranched alkanes of at least 4 members (excludes halogenated alkanes) is 2. The summed E-state index contributed by atoms with van der Waals surface area (Å²) in [4.78, 5) is 0. The van der Waals surface area contributed by atoms with E-state index >= 15 is 0 Å². The Bertz CT molecular complexity index is 631. The van der Waals surface area contributed by atoms with Crippen molar-refractivity contribution in [3.05, 3.63) is 65.7 Å². The Labute approximate surface area is 164 Å². The highest BCUT2D eigenvalue weighted by Gasteiger charge is 2.32. The van der Waals surface area contributed by atoms with Gasteiger partial charge in [0, 0.05) is 6.04 Å². The highest BCUT2D eigenvalue weighted by molar-refractivity contribution is 5.28. The Kier molecular flexibility index (Phi) is 8.83. The molecule has 0 aliphatic rings. The summed E-state index contributed by atoms with van der Waals surface area (Å²) in [6, 6.07) is 18.0. The number of benzene rings is 2. The van der Waals surface area contributed by atoms with E-state index in [1.165, 1.54) is 0 Å². The van der Waals surface area contributed by atoms with Gasteiger partial charge in [-0.2, -0.15) is 0 Å². The molecule has 1 atom stereocenters. The van der Waals surface area contributed by atoms with E-state index in [2.05, 4.69) is 38.1 Å². The normalized spacial score (nSPS) is 12.7. The molecule has 3 N–H and O–H groups in total. The maximum Gasteiger partial charge on any atom is 0.119 e. The molecule has 0 spiro atoms. The van der Waals surface area contributed by atoms with Gasteiger partial charge in [-0.05, 0) is 42.5 Å². The lowest BCUT2D eigenvalue weighted by molar-refractivity contribution is -0.00605. The zero-order chi connectivity index (χ0) is 19.5. The lowest BCUT2D eigenvalue weighted by Gasteiger charge is -2.34. The standard InChI is InChI=1S/C24H35NO2/c1-3-5-16-24(26,17-6-4-2)23(25)18-20-12-14-22(15-13-20)27-19-21-10-8-7-9-11-21/h7-15,23,26H,3-6,16-19,25H2,1-2H3/t23-/m0/s1. The Morgan fingerprint density at radius 1 is 0.889 bits per heavy atom. The molecule has 0 saturated heterocycles. The summed E-state index contributed by atoms with van der Waals surface area (Å²) < 4.78 is 5.84. The van der Waals surface area contributed by atoms with Crippen LogP contribution in [0.15, 0.2) is 54.6 Å². The molecule has 2 rings (SSSR count). The SMILES string of the molecule is CCCCC(O)(CCCC)[C@@H](N)Cc1ccc(OCc2ccccc2)cc1. The Morgan fingerprint density at radius 2 is 1.48 bits per heavy atom. The monoisotopic (exact) mass is 369 g/mol. The third-order valence-electron chi connectivity index (χ3n) is 5.24. The van der Waals surface area contributed by atoms with Gasteiger partial charge < -0.3 is 15.6 Å². The first kappa shape index (κ1) is 21.5. The highest BCUT2D eigenvalue weighted by Crippen LogP contribution is 2.27. The van der Waals surface area contributed by atoms with Crippen molar-refractivity contribution in [2.75, 3.05) is 0 Å². The number of hydrogen-bond acceptors (Lipinski definition) is 3. The van der Waals surface area contributed by atoms with Crippen molar-refractivity contribution in [3.63, 3.8) is 0 Å². The van der Waals surface area contributed by atoms with Gasteiger partial charge in [-0.25, -0.2) is 0 Å². The second kappa shape index (κ2) is 11.1. The van der Waals surface area contributed by atoms with Crippen LogP contribution in [0.4, 0.5) is 0 Å². The summed E-state index contributed by atoms with van der Waals surface area (Å²) in [7, 11) is 0. The van der Waals surface area contributed by atoms with Gasteiger partial charge in [-0.3, -0.25) is 0 Å². The summed E-state index contributed by atoms with van der Waals surface area (Å²) in [6.07, 6.45) is 6.43. The van der Waals surface area contributed by atoms with Crippen molar-refractivity contribution in [2.45, 2.75) is 77.0 Å². The molecule has 0 bridgehead atoms. The van der Waals surface area contributed by atoms with E-state index in [9.17, 15) is 5.11 Å². The van der Waals surface area contributed by atoms with Gasteiger partial charge in [0.25, 0.3) is 0 Å². The van der Waals surface area contributed by atoms with E-state index in [-0.39, 0.29) is 6.04 Å².